The topological polar surface area (TPSA) is 50.9 Å². The minimum atomic E-state index is -0.311. The Balaban J connectivity index is 2.24. The highest BCUT2D eigenvalue weighted by molar-refractivity contribution is 9.10. The molecule has 1 aromatic carbocycles. The summed E-state index contributed by atoms with van der Waals surface area (Å²) in [6.45, 7) is 0. The van der Waals surface area contributed by atoms with Gasteiger partial charge in [0.15, 0.2) is 0 Å². The fraction of sp³-hybridized carbons (Fsp3) is 0.357. The van der Waals surface area contributed by atoms with Crippen LogP contribution in [0.5, 0.6) is 0 Å². The highest BCUT2D eigenvalue weighted by Crippen LogP contribution is 2.38. The average molecular weight is 324 g/mol. The zero-order valence-electron chi connectivity index (χ0n) is 10.4. The van der Waals surface area contributed by atoms with Crippen LogP contribution < -0.4 is 11.3 Å². The first-order valence-electron chi connectivity index (χ1n) is 6.46. The standard InChI is InChI=1S/C14H15BrFN3/c15-9-5-6-10(16)14-13(9)12(19-17)7-11(18-14)8-3-1-2-4-8/h5-8H,1-4,17H2,(H,18,19). The molecular formula is C14H15BrFN3. The van der Waals surface area contributed by atoms with E-state index < -0.39 is 0 Å². The van der Waals surface area contributed by atoms with Crippen LogP contribution in [-0.4, -0.2) is 4.98 Å². The maximum Gasteiger partial charge on any atom is 0.149 e. The molecule has 0 spiro atoms. The third kappa shape index (κ3) is 2.21. The molecule has 0 unspecified atom stereocenters. The summed E-state index contributed by atoms with van der Waals surface area (Å²) in [5.41, 5.74) is 4.71. The number of halogens is 2. The lowest BCUT2D eigenvalue weighted by Gasteiger charge is -2.14. The van der Waals surface area contributed by atoms with Gasteiger partial charge in [-0.2, -0.15) is 0 Å². The molecule has 0 amide bonds. The molecule has 0 radical (unpaired) electrons. The zero-order valence-corrected chi connectivity index (χ0v) is 12.0. The van der Waals surface area contributed by atoms with E-state index in [-0.39, 0.29) is 5.82 Å². The molecule has 3 N–H and O–H groups in total. The maximum atomic E-state index is 14.0. The van der Waals surface area contributed by atoms with Gasteiger partial charge < -0.3 is 5.43 Å². The van der Waals surface area contributed by atoms with E-state index in [4.69, 9.17) is 5.84 Å². The number of nitrogens with one attached hydrogen (secondary N) is 1. The predicted octanol–water partition coefficient (Wildman–Crippen LogP) is 4.08. The number of hydrazine groups is 1. The molecule has 19 heavy (non-hydrogen) atoms. The van der Waals surface area contributed by atoms with E-state index in [1.54, 1.807) is 6.07 Å². The van der Waals surface area contributed by atoms with Crippen LogP contribution in [0.4, 0.5) is 10.1 Å². The van der Waals surface area contributed by atoms with Crippen molar-refractivity contribution in [3.8, 4) is 0 Å². The molecule has 1 aromatic heterocycles. The number of aromatic nitrogens is 1. The molecule has 1 heterocycles. The van der Waals surface area contributed by atoms with Gasteiger partial charge in [0.25, 0.3) is 0 Å². The normalized spacial score (nSPS) is 16.2. The Kier molecular flexibility index (Phi) is 3.41. The zero-order chi connectivity index (χ0) is 13.4. The van der Waals surface area contributed by atoms with Crippen molar-refractivity contribution < 1.29 is 4.39 Å². The van der Waals surface area contributed by atoms with E-state index in [1.807, 2.05) is 6.07 Å². The number of hydrogen-bond donors (Lipinski definition) is 2. The summed E-state index contributed by atoms with van der Waals surface area (Å²) in [5.74, 6) is 5.70. The van der Waals surface area contributed by atoms with Crippen LogP contribution in [0.1, 0.15) is 37.3 Å². The molecule has 100 valence electrons. The number of fused-ring (bicyclic) bond motifs is 1. The molecule has 1 aliphatic rings. The second-order valence-corrected chi connectivity index (χ2v) is 5.83. The van der Waals surface area contributed by atoms with E-state index in [1.165, 1.54) is 18.9 Å². The molecule has 3 rings (SSSR count). The Morgan fingerprint density at radius 2 is 2.05 bits per heavy atom. The van der Waals surface area contributed by atoms with Crippen molar-refractivity contribution in [2.24, 2.45) is 5.84 Å². The largest absolute Gasteiger partial charge is 0.323 e. The number of hydrogen-bond acceptors (Lipinski definition) is 3. The molecule has 0 aliphatic heterocycles. The number of nitrogens with zero attached hydrogens (tertiary/aromatic N) is 1. The van der Waals surface area contributed by atoms with Crippen LogP contribution in [0.2, 0.25) is 0 Å². The summed E-state index contributed by atoms with van der Waals surface area (Å²) >= 11 is 3.43. The minimum absolute atomic E-state index is 0.311. The summed E-state index contributed by atoms with van der Waals surface area (Å²) in [6.07, 6.45) is 4.68. The van der Waals surface area contributed by atoms with Gasteiger partial charge >= 0.3 is 0 Å². The van der Waals surface area contributed by atoms with Gasteiger partial charge in [-0.3, -0.25) is 5.84 Å². The van der Waals surface area contributed by atoms with Crippen molar-refractivity contribution in [3.05, 3.63) is 34.2 Å². The van der Waals surface area contributed by atoms with E-state index in [9.17, 15) is 4.39 Å². The number of pyridine rings is 1. The Morgan fingerprint density at radius 1 is 1.32 bits per heavy atom. The molecule has 0 bridgehead atoms. The Bertz CT molecular complexity index is 624. The molecule has 0 saturated heterocycles. The Hall–Kier alpha value is -1.20. The first-order valence-corrected chi connectivity index (χ1v) is 7.25. The Labute approximate surface area is 119 Å². The summed E-state index contributed by atoms with van der Waals surface area (Å²) in [5, 5.41) is 0.698. The van der Waals surface area contributed by atoms with Crippen molar-refractivity contribution in [3.63, 3.8) is 0 Å². The van der Waals surface area contributed by atoms with Crippen molar-refractivity contribution in [2.45, 2.75) is 31.6 Å². The van der Waals surface area contributed by atoms with E-state index in [0.29, 0.717) is 16.8 Å². The van der Waals surface area contributed by atoms with Crippen LogP contribution in [0.3, 0.4) is 0 Å². The highest BCUT2D eigenvalue weighted by Gasteiger charge is 2.21. The molecule has 3 nitrogen and oxygen atoms in total. The van der Waals surface area contributed by atoms with E-state index >= 15 is 0 Å². The smallest absolute Gasteiger partial charge is 0.149 e. The number of nitrogen functional groups attached to an aromatic ring is 1. The molecular weight excluding hydrogens is 309 g/mol. The lowest BCUT2D eigenvalue weighted by molar-refractivity contribution is 0.633. The quantitative estimate of drug-likeness (QED) is 0.646. The van der Waals surface area contributed by atoms with E-state index in [0.717, 1.165) is 28.7 Å². The molecule has 0 atom stereocenters. The van der Waals surface area contributed by atoms with Gasteiger partial charge in [-0.15, -0.1) is 0 Å². The maximum absolute atomic E-state index is 14.0. The predicted molar refractivity (Wildman–Crippen MR) is 78.4 cm³/mol. The van der Waals surface area contributed by atoms with Gasteiger partial charge in [0.1, 0.15) is 11.3 Å². The van der Waals surface area contributed by atoms with Gasteiger partial charge in [0, 0.05) is 21.5 Å². The SMILES string of the molecule is NNc1cc(C2CCCC2)nc2c(F)ccc(Br)c12. The van der Waals surface area contributed by atoms with Crippen LogP contribution in [0, 0.1) is 5.82 Å². The van der Waals surface area contributed by atoms with Gasteiger partial charge in [-0.25, -0.2) is 9.37 Å². The van der Waals surface area contributed by atoms with Gasteiger partial charge in [0.05, 0.1) is 5.69 Å². The summed E-state index contributed by atoms with van der Waals surface area (Å²) in [6, 6.07) is 5.05. The van der Waals surface area contributed by atoms with Crippen LogP contribution in [0.25, 0.3) is 10.9 Å². The van der Waals surface area contributed by atoms with Crippen LogP contribution in [0.15, 0.2) is 22.7 Å². The fourth-order valence-electron chi connectivity index (χ4n) is 2.83. The highest BCUT2D eigenvalue weighted by atomic mass is 79.9. The monoisotopic (exact) mass is 323 g/mol. The van der Waals surface area contributed by atoms with Crippen molar-refractivity contribution >= 4 is 32.5 Å². The third-order valence-corrected chi connectivity index (χ3v) is 4.47. The van der Waals surface area contributed by atoms with Gasteiger partial charge in [-0.05, 0) is 31.0 Å². The average Bonchev–Trinajstić information content (AvgIpc) is 2.96. The summed E-state index contributed by atoms with van der Waals surface area (Å²) < 4.78 is 14.8. The van der Waals surface area contributed by atoms with Crippen LogP contribution in [-0.2, 0) is 0 Å². The van der Waals surface area contributed by atoms with Crippen molar-refractivity contribution in [1.29, 1.82) is 0 Å². The van der Waals surface area contributed by atoms with Gasteiger partial charge in [-0.1, -0.05) is 28.8 Å². The molecule has 1 saturated carbocycles. The van der Waals surface area contributed by atoms with Crippen molar-refractivity contribution in [2.75, 3.05) is 5.43 Å². The summed E-state index contributed by atoms with van der Waals surface area (Å²) in [4.78, 5) is 4.53. The number of nitrogens with two attached hydrogens (primary N) is 1. The lowest BCUT2D eigenvalue weighted by atomic mass is 10.0. The number of benzene rings is 1. The van der Waals surface area contributed by atoms with E-state index in [2.05, 4.69) is 26.3 Å². The summed E-state index contributed by atoms with van der Waals surface area (Å²) in [7, 11) is 0. The first-order chi connectivity index (χ1) is 9.20. The van der Waals surface area contributed by atoms with Gasteiger partial charge in [0.2, 0.25) is 0 Å². The minimum Gasteiger partial charge on any atom is -0.323 e. The second kappa shape index (κ2) is 5.06. The van der Waals surface area contributed by atoms with Crippen LogP contribution >= 0.6 is 15.9 Å². The molecule has 5 heteroatoms. The van der Waals surface area contributed by atoms with Crippen molar-refractivity contribution in [1.82, 2.24) is 4.98 Å². The second-order valence-electron chi connectivity index (χ2n) is 4.97. The Morgan fingerprint density at radius 3 is 2.74 bits per heavy atom. The number of anilines is 1. The lowest BCUT2D eigenvalue weighted by Crippen LogP contribution is -2.10. The third-order valence-electron chi connectivity index (χ3n) is 3.81. The molecule has 2 aromatic rings. The fourth-order valence-corrected chi connectivity index (χ4v) is 3.37. The molecule has 1 fully saturated rings. The number of rotatable bonds is 2. The first kappa shape index (κ1) is 12.8. The molecule has 1 aliphatic carbocycles.